The van der Waals surface area contributed by atoms with Crippen LogP contribution in [-0.2, 0) is 0 Å². The summed E-state index contributed by atoms with van der Waals surface area (Å²) < 4.78 is 6.82. The fraction of sp³-hybridized carbons (Fsp3) is 0.118. The molecule has 1 aromatic carbocycles. The lowest BCUT2D eigenvalue weighted by molar-refractivity contribution is 0.310. The summed E-state index contributed by atoms with van der Waals surface area (Å²) >= 11 is 0. The van der Waals surface area contributed by atoms with E-state index >= 15 is 0 Å². The number of hydrogen-bond acceptors (Lipinski definition) is 8. The molecular formula is C17H14N8O. The van der Waals surface area contributed by atoms with Crippen molar-refractivity contribution >= 4 is 22.7 Å². The maximum absolute atomic E-state index is 8.71. The van der Waals surface area contributed by atoms with Crippen molar-refractivity contribution in [3.05, 3.63) is 42.6 Å². The Hall–Kier alpha value is -3.93. The van der Waals surface area contributed by atoms with Gasteiger partial charge in [0.05, 0.1) is 35.4 Å². The molecule has 0 aliphatic rings. The molecule has 0 aliphatic carbocycles. The second kappa shape index (κ2) is 6.52. The molecule has 3 N–H and O–H groups in total. The van der Waals surface area contributed by atoms with E-state index in [0.717, 1.165) is 16.7 Å². The number of nitrogens with two attached hydrogens (primary N) is 1. The van der Waals surface area contributed by atoms with Gasteiger partial charge in [0, 0.05) is 6.54 Å². The van der Waals surface area contributed by atoms with Crippen molar-refractivity contribution < 1.29 is 4.63 Å². The zero-order valence-electron chi connectivity index (χ0n) is 13.6. The van der Waals surface area contributed by atoms with Gasteiger partial charge in [-0.15, -0.1) is 0 Å². The first-order valence-corrected chi connectivity index (χ1v) is 7.91. The molecule has 0 saturated carbocycles. The Kier molecular flexibility index (Phi) is 3.91. The van der Waals surface area contributed by atoms with Crippen LogP contribution in [0.2, 0.25) is 0 Å². The van der Waals surface area contributed by atoms with E-state index in [-0.39, 0.29) is 0 Å². The van der Waals surface area contributed by atoms with E-state index in [1.165, 1.54) is 0 Å². The van der Waals surface area contributed by atoms with E-state index < -0.39 is 0 Å². The molecule has 9 nitrogen and oxygen atoms in total. The predicted octanol–water partition coefficient (Wildman–Crippen LogP) is 2.38. The summed E-state index contributed by atoms with van der Waals surface area (Å²) in [6.07, 6.45) is 2.01. The van der Waals surface area contributed by atoms with Gasteiger partial charge >= 0.3 is 0 Å². The number of anilines is 2. The van der Waals surface area contributed by atoms with Gasteiger partial charge in [0.25, 0.3) is 0 Å². The molecule has 9 heteroatoms. The van der Waals surface area contributed by atoms with E-state index in [9.17, 15) is 0 Å². The molecule has 0 aliphatic heterocycles. The monoisotopic (exact) mass is 346 g/mol. The number of rotatable bonds is 5. The van der Waals surface area contributed by atoms with Crippen LogP contribution < -0.4 is 11.1 Å². The highest BCUT2D eigenvalue weighted by Gasteiger charge is 2.21. The number of benzene rings is 1. The Morgan fingerprint density at radius 1 is 1.19 bits per heavy atom. The lowest BCUT2D eigenvalue weighted by atomic mass is 10.3. The van der Waals surface area contributed by atoms with Crippen LogP contribution in [0.4, 0.5) is 11.6 Å². The zero-order valence-corrected chi connectivity index (χ0v) is 13.6. The van der Waals surface area contributed by atoms with Crippen LogP contribution >= 0.6 is 0 Å². The van der Waals surface area contributed by atoms with Crippen molar-refractivity contribution in [2.45, 2.75) is 6.42 Å². The van der Waals surface area contributed by atoms with Crippen molar-refractivity contribution in [2.24, 2.45) is 0 Å². The predicted molar refractivity (Wildman–Crippen MR) is 95.3 cm³/mol. The van der Waals surface area contributed by atoms with Gasteiger partial charge in [-0.05, 0) is 34.6 Å². The Balaban J connectivity index is 1.88. The van der Waals surface area contributed by atoms with Gasteiger partial charge in [-0.1, -0.05) is 12.1 Å². The number of nitriles is 1. The largest absolute Gasteiger partial charge is 0.384 e. The topological polar surface area (TPSA) is 131 Å². The summed E-state index contributed by atoms with van der Waals surface area (Å²) in [7, 11) is 0. The van der Waals surface area contributed by atoms with Crippen LogP contribution in [0.25, 0.3) is 28.2 Å². The number of aromatic nitrogens is 5. The van der Waals surface area contributed by atoms with Gasteiger partial charge in [-0.25, -0.2) is 14.6 Å². The van der Waals surface area contributed by atoms with E-state index in [2.05, 4.69) is 31.7 Å². The fourth-order valence-corrected chi connectivity index (χ4v) is 2.66. The summed E-state index contributed by atoms with van der Waals surface area (Å²) in [5.74, 6) is 1.42. The second-order valence-electron chi connectivity index (χ2n) is 5.50. The number of para-hydroxylation sites is 2. The summed E-state index contributed by atoms with van der Waals surface area (Å²) in [4.78, 5) is 8.84. The molecule has 4 aromatic rings. The lowest BCUT2D eigenvalue weighted by Gasteiger charge is -2.08. The van der Waals surface area contributed by atoms with Gasteiger partial charge in [0.1, 0.15) is 5.82 Å². The molecule has 0 unspecified atom stereocenters. The van der Waals surface area contributed by atoms with Crippen LogP contribution in [0, 0.1) is 11.3 Å². The summed E-state index contributed by atoms with van der Waals surface area (Å²) in [5.41, 5.74) is 8.63. The quantitative estimate of drug-likeness (QED) is 0.526. The fourth-order valence-electron chi connectivity index (χ4n) is 2.66. The van der Waals surface area contributed by atoms with Crippen LogP contribution in [-0.4, -0.2) is 31.4 Å². The number of fused-ring (bicyclic) bond motifs is 1. The zero-order chi connectivity index (χ0) is 17.9. The number of nitrogens with one attached hydrogen (secondary N) is 1. The Bertz CT molecular complexity index is 1090. The Morgan fingerprint density at radius 2 is 2.08 bits per heavy atom. The molecule has 0 radical (unpaired) electrons. The molecule has 4 rings (SSSR count). The van der Waals surface area contributed by atoms with E-state index in [1.807, 2.05) is 34.9 Å². The molecule has 3 aromatic heterocycles. The number of pyridine rings is 1. The second-order valence-corrected chi connectivity index (χ2v) is 5.50. The maximum atomic E-state index is 8.71. The summed E-state index contributed by atoms with van der Waals surface area (Å²) in [6.45, 7) is 0.432. The molecule has 0 atom stereocenters. The highest BCUT2D eigenvalue weighted by molar-refractivity contribution is 5.84. The third kappa shape index (κ3) is 2.69. The Morgan fingerprint density at radius 3 is 2.88 bits per heavy atom. The average molecular weight is 346 g/mol. The Labute approximate surface area is 148 Å². The third-order valence-electron chi connectivity index (χ3n) is 3.82. The molecule has 0 amide bonds. The van der Waals surface area contributed by atoms with Crippen molar-refractivity contribution in [3.8, 4) is 23.3 Å². The first kappa shape index (κ1) is 15.6. The van der Waals surface area contributed by atoms with E-state index in [4.69, 9.17) is 15.6 Å². The number of nitrogens with zero attached hydrogens (tertiary/aromatic N) is 6. The van der Waals surface area contributed by atoms with Crippen LogP contribution in [0.1, 0.15) is 6.42 Å². The van der Waals surface area contributed by atoms with Crippen molar-refractivity contribution in [1.82, 2.24) is 24.8 Å². The van der Waals surface area contributed by atoms with Crippen LogP contribution in [0.15, 0.2) is 47.2 Å². The van der Waals surface area contributed by atoms with Gasteiger partial charge in [0.15, 0.2) is 11.5 Å². The third-order valence-corrected chi connectivity index (χ3v) is 3.82. The average Bonchev–Trinajstić information content (AvgIpc) is 3.27. The minimum absolute atomic E-state index is 0.338. The van der Waals surface area contributed by atoms with Gasteiger partial charge in [-0.2, -0.15) is 5.26 Å². The number of imidazole rings is 1. The van der Waals surface area contributed by atoms with Crippen molar-refractivity contribution in [3.63, 3.8) is 0 Å². The number of hydrogen-bond donors (Lipinski definition) is 2. The molecular weight excluding hydrogens is 332 g/mol. The van der Waals surface area contributed by atoms with Gasteiger partial charge in [-0.3, -0.25) is 4.57 Å². The first-order valence-electron chi connectivity index (χ1n) is 7.91. The van der Waals surface area contributed by atoms with Crippen LogP contribution in [0.3, 0.4) is 0 Å². The maximum Gasteiger partial charge on any atom is 0.202 e. The normalized spacial score (nSPS) is 10.7. The smallest absolute Gasteiger partial charge is 0.202 e. The van der Waals surface area contributed by atoms with E-state index in [0.29, 0.717) is 36.1 Å². The van der Waals surface area contributed by atoms with E-state index in [1.54, 1.807) is 12.3 Å². The van der Waals surface area contributed by atoms with Crippen LogP contribution in [0.5, 0.6) is 0 Å². The first-order chi connectivity index (χ1) is 12.8. The molecule has 0 saturated heterocycles. The highest BCUT2D eigenvalue weighted by atomic mass is 16.6. The molecule has 26 heavy (non-hydrogen) atoms. The molecule has 0 bridgehead atoms. The molecule has 0 fully saturated rings. The number of nitrogen functional groups attached to an aromatic ring is 1. The SMILES string of the molecule is N#CCCNc1nonc1-c1nc2ccccc2n1-c1ccc(N)nc1. The summed E-state index contributed by atoms with van der Waals surface area (Å²) in [5, 5.41) is 19.6. The lowest BCUT2D eigenvalue weighted by Crippen LogP contribution is -2.04. The summed E-state index contributed by atoms with van der Waals surface area (Å²) in [6, 6.07) is 13.4. The minimum atomic E-state index is 0.338. The molecule has 0 spiro atoms. The van der Waals surface area contributed by atoms with Gasteiger partial charge < -0.3 is 11.1 Å². The standard InChI is InChI=1S/C17H14N8O/c18-8-3-9-20-16-15(23-26-24-16)17-22-12-4-1-2-5-13(12)25(17)11-6-7-14(19)21-10-11/h1-2,4-7,10H,3,9H2,(H2,19,21)(H,20,24). The van der Waals surface area contributed by atoms with Gasteiger partial charge in [0.2, 0.25) is 5.82 Å². The minimum Gasteiger partial charge on any atom is -0.384 e. The molecule has 128 valence electrons. The van der Waals surface area contributed by atoms with Crippen molar-refractivity contribution in [2.75, 3.05) is 17.6 Å². The molecule has 3 heterocycles. The van der Waals surface area contributed by atoms with Crippen molar-refractivity contribution in [1.29, 1.82) is 5.26 Å². The highest BCUT2D eigenvalue weighted by Crippen LogP contribution is 2.30.